The number of methoxy groups -OCH3 is 2. The van der Waals surface area contributed by atoms with E-state index in [0.29, 0.717) is 16.5 Å². The molecule has 0 fully saturated rings. The van der Waals surface area contributed by atoms with Gasteiger partial charge in [-0.25, -0.2) is 4.98 Å². The van der Waals surface area contributed by atoms with Crippen LogP contribution in [-0.4, -0.2) is 19.2 Å². The molecule has 0 spiro atoms. The van der Waals surface area contributed by atoms with E-state index in [4.69, 9.17) is 21.1 Å². The molecule has 4 nitrogen and oxygen atoms in total. The highest BCUT2D eigenvalue weighted by Gasteiger charge is 2.09. The van der Waals surface area contributed by atoms with Crippen LogP contribution < -0.4 is 14.8 Å². The predicted octanol–water partition coefficient (Wildman–Crippen LogP) is 4.71. The topological polar surface area (TPSA) is 43.4 Å². The van der Waals surface area contributed by atoms with Gasteiger partial charge in [0.05, 0.1) is 29.5 Å². The van der Waals surface area contributed by atoms with E-state index >= 15 is 0 Å². The van der Waals surface area contributed by atoms with Gasteiger partial charge in [0.25, 0.3) is 0 Å². The van der Waals surface area contributed by atoms with Crippen LogP contribution in [0, 0.1) is 0 Å². The summed E-state index contributed by atoms with van der Waals surface area (Å²) < 4.78 is 11.5. The molecule has 0 radical (unpaired) electrons. The number of hydrogen-bond donors (Lipinski definition) is 1. The number of ether oxygens (including phenoxy) is 2. The SMILES string of the molecule is COc1ccc(Nc2nc3cccc(Cl)c3s2)cc1OC. The summed E-state index contributed by atoms with van der Waals surface area (Å²) in [6.45, 7) is 0. The molecule has 0 unspecified atom stereocenters. The summed E-state index contributed by atoms with van der Waals surface area (Å²) in [7, 11) is 3.22. The zero-order chi connectivity index (χ0) is 14.8. The molecule has 0 atom stereocenters. The molecular formula is C15H13ClN2O2S. The smallest absolute Gasteiger partial charge is 0.188 e. The molecule has 0 aliphatic heterocycles. The highest BCUT2D eigenvalue weighted by molar-refractivity contribution is 7.22. The van der Waals surface area contributed by atoms with E-state index in [9.17, 15) is 0 Å². The normalized spacial score (nSPS) is 10.6. The molecule has 3 aromatic rings. The lowest BCUT2D eigenvalue weighted by Gasteiger charge is -2.09. The lowest BCUT2D eigenvalue weighted by atomic mass is 10.3. The fourth-order valence-corrected chi connectivity index (χ4v) is 3.18. The van der Waals surface area contributed by atoms with Crippen molar-refractivity contribution >= 4 is 44.0 Å². The molecule has 0 aliphatic rings. The summed E-state index contributed by atoms with van der Waals surface area (Å²) >= 11 is 7.68. The average Bonchev–Trinajstić information content (AvgIpc) is 2.91. The van der Waals surface area contributed by atoms with E-state index in [0.717, 1.165) is 21.0 Å². The van der Waals surface area contributed by atoms with Crippen LogP contribution in [0.2, 0.25) is 5.02 Å². The monoisotopic (exact) mass is 320 g/mol. The van der Waals surface area contributed by atoms with Crippen LogP contribution in [-0.2, 0) is 0 Å². The molecular weight excluding hydrogens is 308 g/mol. The summed E-state index contributed by atoms with van der Waals surface area (Å²) in [6, 6.07) is 11.3. The Labute approximate surface area is 131 Å². The van der Waals surface area contributed by atoms with Gasteiger partial charge in [-0.3, -0.25) is 0 Å². The quantitative estimate of drug-likeness (QED) is 0.756. The van der Waals surface area contributed by atoms with E-state index in [1.807, 2.05) is 36.4 Å². The number of fused-ring (bicyclic) bond motifs is 1. The maximum Gasteiger partial charge on any atom is 0.188 e. The molecule has 0 bridgehead atoms. The lowest BCUT2D eigenvalue weighted by molar-refractivity contribution is 0.355. The lowest BCUT2D eigenvalue weighted by Crippen LogP contribution is -1.93. The van der Waals surface area contributed by atoms with Crippen LogP contribution in [0.3, 0.4) is 0 Å². The van der Waals surface area contributed by atoms with Crippen molar-refractivity contribution in [2.24, 2.45) is 0 Å². The minimum atomic E-state index is 0.668. The zero-order valence-electron chi connectivity index (χ0n) is 11.5. The minimum absolute atomic E-state index is 0.668. The van der Waals surface area contributed by atoms with Crippen molar-refractivity contribution in [1.82, 2.24) is 4.98 Å². The van der Waals surface area contributed by atoms with Crippen LogP contribution in [0.15, 0.2) is 36.4 Å². The summed E-state index contributed by atoms with van der Waals surface area (Å²) in [5, 5.41) is 4.76. The Balaban J connectivity index is 1.93. The molecule has 108 valence electrons. The molecule has 0 saturated carbocycles. The minimum Gasteiger partial charge on any atom is -0.493 e. The van der Waals surface area contributed by atoms with Gasteiger partial charge in [0, 0.05) is 11.8 Å². The van der Waals surface area contributed by atoms with Gasteiger partial charge >= 0.3 is 0 Å². The molecule has 3 rings (SSSR count). The molecule has 21 heavy (non-hydrogen) atoms. The standard InChI is InChI=1S/C15H13ClN2O2S/c1-19-12-7-6-9(8-13(12)20-2)17-15-18-11-5-3-4-10(16)14(11)21-15/h3-8H,1-2H3,(H,17,18). The van der Waals surface area contributed by atoms with E-state index in [-0.39, 0.29) is 0 Å². The first kappa shape index (κ1) is 14.0. The van der Waals surface area contributed by atoms with Crippen LogP contribution in [0.1, 0.15) is 0 Å². The van der Waals surface area contributed by atoms with Gasteiger partial charge in [-0.1, -0.05) is 29.0 Å². The number of benzene rings is 2. The second kappa shape index (κ2) is 5.79. The third kappa shape index (κ3) is 2.75. The van der Waals surface area contributed by atoms with Crippen LogP contribution in [0.4, 0.5) is 10.8 Å². The fraction of sp³-hybridized carbons (Fsp3) is 0.133. The maximum absolute atomic E-state index is 6.17. The fourth-order valence-electron chi connectivity index (χ4n) is 2.01. The summed E-state index contributed by atoms with van der Waals surface area (Å²) in [5.74, 6) is 1.36. The maximum atomic E-state index is 6.17. The Morgan fingerprint density at radius 3 is 2.62 bits per heavy atom. The molecule has 1 heterocycles. The van der Waals surface area contributed by atoms with Crippen LogP contribution in [0.5, 0.6) is 11.5 Å². The van der Waals surface area contributed by atoms with Gasteiger partial charge in [-0.15, -0.1) is 0 Å². The van der Waals surface area contributed by atoms with Gasteiger partial charge in [0.15, 0.2) is 16.6 Å². The van der Waals surface area contributed by atoms with Crippen molar-refractivity contribution in [3.8, 4) is 11.5 Å². The molecule has 6 heteroatoms. The number of nitrogens with zero attached hydrogens (tertiary/aromatic N) is 1. The van der Waals surface area contributed by atoms with Crippen LogP contribution in [0.25, 0.3) is 10.2 Å². The molecule has 0 saturated heterocycles. The third-order valence-corrected chi connectivity index (χ3v) is 4.45. The van der Waals surface area contributed by atoms with Gasteiger partial charge in [-0.2, -0.15) is 0 Å². The van der Waals surface area contributed by atoms with E-state index in [1.54, 1.807) is 14.2 Å². The van der Waals surface area contributed by atoms with E-state index in [1.165, 1.54) is 11.3 Å². The number of anilines is 2. The van der Waals surface area contributed by atoms with Gasteiger partial charge in [-0.05, 0) is 24.3 Å². The number of aromatic nitrogens is 1. The number of nitrogens with one attached hydrogen (secondary N) is 1. The highest BCUT2D eigenvalue weighted by atomic mass is 35.5. The molecule has 1 aromatic heterocycles. The van der Waals surface area contributed by atoms with Crippen molar-refractivity contribution in [1.29, 1.82) is 0 Å². The molecule has 1 N–H and O–H groups in total. The summed E-state index contributed by atoms with van der Waals surface area (Å²) in [6.07, 6.45) is 0. The third-order valence-electron chi connectivity index (χ3n) is 3.00. The van der Waals surface area contributed by atoms with Gasteiger partial charge < -0.3 is 14.8 Å². The van der Waals surface area contributed by atoms with E-state index < -0.39 is 0 Å². The Morgan fingerprint density at radius 1 is 1.10 bits per heavy atom. The van der Waals surface area contributed by atoms with Crippen molar-refractivity contribution in [2.45, 2.75) is 0 Å². The van der Waals surface area contributed by atoms with Crippen molar-refractivity contribution < 1.29 is 9.47 Å². The first-order valence-electron chi connectivity index (χ1n) is 6.25. The number of halogens is 1. The highest BCUT2D eigenvalue weighted by Crippen LogP contribution is 2.35. The number of hydrogen-bond acceptors (Lipinski definition) is 5. The average molecular weight is 321 g/mol. The molecule has 0 amide bonds. The van der Waals surface area contributed by atoms with Crippen molar-refractivity contribution in [3.05, 3.63) is 41.4 Å². The largest absolute Gasteiger partial charge is 0.493 e. The summed E-state index contributed by atoms with van der Waals surface area (Å²) in [5.41, 5.74) is 1.76. The Morgan fingerprint density at radius 2 is 1.90 bits per heavy atom. The predicted molar refractivity (Wildman–Crippen MR) is 87.5 cm³/mol. The Kier molecular flexibility index (Phi) is 3.86. The Bertz CT molecular complexity index is 788. The van der Waals surface area contributed by atoms with Gasteiger partial charge in [0.1, 0.15) is 0 Å². The first-order valence-corrected chi connectivity index (χ1v) is 7.45. The molecule has 0 aliphatic carbocycles. The molecule has 2 aromatic carbocycles. The van der Waals surface area contributed by atoms with Crippen molar-refractivity contribution in [3.63, 3.8) is 0 Å². The zero-order valence-corrected chi connectivity index (χ0v) is 13.1. The Hall–Kier alpha value is -1.98. The van der Waals surface area contributed by atoms with Crippen molar-refractivity contribution in [2.75, 3.05) is 19.5 Å². The second-order valence-electron chi connectivity index (χ2n) is 4.30. The summed E-state index contributed by atoms with van der Waals surface area (Å²) in [4.78, 5) is 4.52. The van der Waals surface area contributed by atoms with E-state index in [2.05, 4.69) is 10.3 Å². The first-order chi connectivity index (χ1) is 10.2. The number of rotatable bonds is 4. The number of thiazole rings is 1. The second-order valence-corrected chi connectivity index (χ2v) is 5.71. The van der Waals surface area contributed by atoms with Gasteiger partial charge in [0.2, 0.25) is 0 Å². The van der Waals surface area contributed by atoms with Crippen LogP contribution >= 0.6 is 22.9 Å².